The summed E-state index contributed by atoms with van der Waals surface area (Å²) in [7, 11) is 0. The standard InChI is InChI=1S/C14H26N2O2/c1-2-18-10-11-6-7-16(9-11)14(17)13-5-3-4-12(13)8-15/h11-13H,2-10,15H2,1H3/t11?,12-,13-/m1/s1. The third kappa shape index (κ3) is 3.04. The van der Waals surface area contributed by atoms with Crippen molar-refractivity contribution in [3.8, 4) is 0 Å². The number of hydrogen-bond donors (Lipinski definition) is 1. The molecule has 18 heavy (non-hydrogen) atoms. The van der Waals surface area contributed by atoms with Crippen LogP contribution in [0.1, 0.15) is 32.6 Å². The smallest absolute Gasteiger partial charge is 0.226 e. The number of nitrogens with zero attached hydrogens (tertiary/aromatic N) is 1. The summed E-state index contributed by atoms with van der Waals surface area (Å²) < 4.78 is 5.46. The molecule has 0 aromatic rings. The first-order chi connectivity index (χ1) is 8.76. The topological polar surface area (TPSA) is 55.6 Å². The molecule has 104 valence electrons. The van der Waals surface area contributed by atoms with Crippen LogP contribution in [0.25, 0.3) is 0 Å². The lowest BCUT2D eigenvalue weighted by Gasteiger charge is -2.24. The van der Waals surface area contributed by atoms with E-state index < -0.39 is 0 Å². The lowest BCUT2D eigenvalue weighted by molar-refractivity contribution is -0.135. The van der Waals surface area contributed by atoms with Gasteiger partial charge in [-0.1, -0.05) is 6.42 Å². The molecule has 2 fully saturated rings. The number of ether oxygens (including phenoxy) is 1. The zero-order valence-electron chi connectivity index (χ0n) is 11.4. The molecule has 1 unspecified atom stereocenters. The highest BCUT2D eigenvalue weighted by atomic mass is 16.5. The molecule has 4 nitrogen and oxygen atoms in total. The zero-order valence-corrected chi connectivity index (χ0v) is 11.4. The molecule has 1 amide bonds. The normalized spacial score (nSPS) is 32.1. The van der Waals surface area contributed by atoms with E-state index in [0.717, 1.165) is 52.0 Å². The molecule has 0 aromatic carbocycles. The zero-order chi connectivity index (χ0) is 13.0. The SMILES string of the molecule is CCOCC1CCN(C(=O)[C@@H]2CCC[C@@H]2CN)C1. The maximum atomic E-state index is 12.5. The third-order valence-corrected chi connectivity index (χ3v) is 4.43. The third-order valence-electron chi connectivity index (χ3n) is 4.43. The Kier molecular flexibility index (Phi) is 5.01. The van der Waals surface area contributed by atoms with E-state index in [1.165, 1.54) is 0 Å². The lowest BCUT2D eigenvalue weighted by Crippen LogP contribution is -2.38. The average molecular weight is 254 g/mol. The summed E-state index contributed by atoms with van der Waals surface area (Å²) in [5.41, 5.74) is 5.76. The van der Waals surface area contributed by atoms with Crippen LogP contribution in [-0.4, -0.2) is 43.7 Å². The van der Waals surface area contributed by atoms with Crippen LogP contribution in [0.4, 0.5) is 0 Å². The summed E-state index contributed by atoms with van der Waals surface area (Å²) in [6, 6.07) is 0. The minimum atomic E-state index is 0.195. The van der Waals surface area contributed by atoms with E-state index in [1.54, 1.807) is 0 Å². The van der Waals surface area contributed by atoms with E-state index in [-0.39, 0.29) is 5.92 Å². The van der Waals surface area contributed by atoms with Crippen molar-refractivity contribution in [2.75, 3.05) is 32.8 Å². The van der Waals surface area contributed by atoms with Gasteiger partial charge in [-0.3, -0.25) is 4.79 Å². The van der Waals surface area contributed by atoms with Gasteiger partial charge in [-0.05, 0) is 38.6 Å². The van der Waals surface area contributed by atoms with Gasteiger partial charge in [-0.25, -0.2) is 0 Å². The number of carbonyl (C=O) groups is 1. The summed E-state index contributed by atoms with van der Waals surface area (Å²) in [5.74, 6) is 1.50. The molecular formula is C14H26N2O2. The molecule has 1 saturated heterocycles. The maximum absolute atomic E-state index is 12.5. The van der Waals surface area contributed by atoms with Crippen LogP contribution in [-0.2, 0) is 9.53 Å². The highest BCUT2D eigenvalue weighted by Gasteiger charge is 2.37. The van der Waals surface area contributed by atoms with Gasteiger partial charge in [-0.2, -0.15) is 0 Å². The van der Waals surface area contributed by atoms with Gasteiger partial charge in [0.05, 0.1) is 6.61 Å². The molecule has 1 heterocycles. The first-order valence-corrected chi connectivity index (χ1v) is 7.32. The van der Waals surface area contributed by atoms with Crippen molar-refractivity contribution in [1.29, 1.82) is 0 Å². The van der Waals surface area contributed by atoms with Crippen molar-refractivity contribution in [3.05, 3.63) is 0 Å². The van der Waals surface area contributed by atoms with Crippen LogP contribution < -0.4 is 5.73 Å². The van der Waals surface area contributed by atoms with Crippen LogP contribution >= 0.6 is 0 Å². The summed E-state index contributed by atoms with van der Waals surface area (Å²) in [5, 5.41) is 0. The van der Waals surface area contributed by atoms with E-state index in [2.05, 4.69) is 0 Å². The van der Waals surface area contributed by atoms with Crippen LogP contribution in [0.2, 0.25) is 0 Å². The Labute approximate surface area is 110 Å². The van der Waals surface area contributed by atoms with Gasteiger partial charge in [0.25, 0.3) is 0 Å². The van der Waals surface area contributed by atoms with Crippen molar-refractivity contribution >= 4 is 5.91 Å². The van der Waals surface area contributed by atoms with Crippen molar-refractivity contribution in [2.45, 2.75) is 32.6 Å². The maximum Gasteiger partial charge on any atom is 0.226 e. The number of amides is 1. The van der Waals surface area contributed by atoms with E-state index in [4.69, 9.17) is 10.5 Å². The average Bonchev–Trinajstić information content (AvgIpc) is 3.04. The molecule has 1 aliphatic carbocycles. The van der Waals surface area contributed by atoms with Crippen LogP contribution in [0.5, 0.6) is 0 Å². The quantitative estimate of drug-likeness (QED) is 0.803. The molecule has 2 rings (SSSR count). The van der Waals surface area contributed by atoms with Crippen LogP contribution in [0, 0.1) is 17.8 Å². The number of rotatable bonds is 5. The number of likely N-dealkylation sites (tertiary alicyclic amines) is 1. The second kappa shape index (κ2) is 6.53. The highest BCUT2D eigenvalue weighted by Crippen LogP contribution is 2.33. The highest BCUT2D eigenvalue weighted by molar-refractivity contribution is 5.79. The Bertz CT molecular complexity index is 283. The molecule has 1 saturated carbocycles. The summed E-state index contributed by atoms with van der Waals surface area (Å²) in [6.45, 7) is 6.03. The predicted octanol–water partition coefficient (Wildman–Crippen LogP) is 1.25. The fourth-order valence-corrected chi connectivity index (χ4v) is 3.33. The monoisotopic (exact) mass is 254 g/mol. The van der Waals surface area contributed by atoms with Crippen molar-refractivity contribution < 1.29 is 9.53 Å². The Hall–Kier alpha value is -0.610. The Morgan fingerprint density at radius 2 is 2.22 bits per heavy atom. The van der Waals surface area contributed by atoms with E-state index in [1.807, 2.05) is 11.8 Å². The Balaban J connectivity index is 1.83. The van der Waals surface area contributed by atoms with E-state index >= 15 is 0 Å². The van der Waals surface area contributed by atoms with Crippen molar-refractivity contribution in [1.82, 2.24) is 4.90 Å². The molecular weight excluding hydrogens is 228 g/mol. The molecule has 4 heteroatoms. The van der Waals surface area contributed by atoms with Crippen molar-refractivity contribution in [3.63, 3.8) is 0 Å². The van der Waals surface area contributed by atoms with Gasteiger partial charge in [-0.15, -0.1) is 0 Å². The lowest BCUT2D eigenvalue weighted by atomic mass is 9.95. The van der Waals surface area contributed by atoms with E-state index in [0.29, 0.717) is 24.3 Å². The number of carbonyl (C=O) groups excluding carboxylic acids is 1. The molecule has 3 atom stereocenters. The molecule has 0 spiro atoms. The summed E-state index contributed by atoms with van der Waals surface area (Å²) >= 11 is 0. The first kappa shape index (κ1) is 13.8. The second-order valence-corrected chi connectivity index (χ2v) is 5.63. The molecule has 0 radical (unpaired) electrons. The number of hydrogen-bond acceptors (Lipinski definition) is 3. The van der Waals surface area contributed by atoms with Gasteiger partial charge in [0.2, 0.25) is 5.91 Å². The van der Waals surface area contributed by atoms with Gasteiger partial charge in [0.15, 0.2) is 0 Å². The predicted molar refractivity (Wildman–Crippen MR) is 71.1 cm³/mol. The number of nitrogens with two attached hydrogens (primary N) is 1. The van der Waals surface area contributed by atoms with Crippen LogP contribution in [0.15, 0.2) is 0 Å². The Morgan fingerprint density at radius 1 is 1.39 bits per heavy atom. The molecule has 0 aromatic heterocycles. The molecule has 0 bridgehead atoms. The Morgan fingerprint density at radius 3 is 2.94 bits per heavy atom. The minimum Gasteiger partial charge on any atom is -0.381 e. The molecule has 1 aliphatic heterocycles. The van der Waals surface area contributed by atoms with Gasteiger partial charge < -0.3 is 15.4 Å². The van der Waals surface area contributed by atoms with Crippen molar-refractivity contribution in [2.24, 2.45) is 23.5 Å². The molecule has 2 N–H and O–H groups in total. The largest absolute Gasteiger partial charge is 0.381 e. The van der Waals surface area contributed by atoms with Gasteiger partial charge in [0.1, 0.15) is 0 Å². The fraction of sp³-hybridized carbons (Fsp3) is 0.929. The summed E-state index contributed by atoms with van der Waals surface area (Å²) in [4.78, 5) is 14.5. The summed E-state index contributed by atoms with van der Waals surface area (Å²) in [6.07, 6.45) is 4.41. The van der Waals surface area contributed by atoms with Gasteiger partial charge in [0, 0.05) is 31.5 Å². The van der Waals surface area contributed by atoms with E-state index in [9.17, 15) is 4.79 Å². The second-order valence-electron chi connectivity index (χ2n) is 5.63. The van der Waals surface area contributed by atoms with Crippen LogP contribution in [0.3, 0.4) is 0 Å². The van der Waals surface area contributed by atoms with Gasteiger partial charge >= 0.3 is 0 Å². The molecule has 2 aliphatic rings. The first-order valence-electron chi connectivity index (χ1n) is 7.32. The minimum absolute atomic E-state index is 0.195. The fourth-order valence-electron chi connectivity index (χ4n) is 3.33.